The van der Waals surface area contributed by atoms with Crippen molar-refractivity contribution in [3.8, 4) is 11.5 Å². The van der Waals surface area contributed by atoms with Gasteiger partial charge in [0.05, 0.1) is 5.75 Å². The highest BCUT2D eigenvalue weighted by atomic mass is 32.2. The van der Waals surface area contributed by atoms with Crippen LogP contribution >= 0.6 is 0 Å². The van der Waals surface area contributed by atoms with Crippen LogP contribution in [0.4, 0.5) is 5.69 Å². The number of hydrogen-bond acceptors (Lipinski definition) is 15. The highest BCUT2D eigenvalue weighted by Gasteiger charge is 2.51. The molecule has 0 amide bonds. The fraction of sp³-hybridized carbons (Fsp3) is 0.387. The minimum Gasteiger partial charge on any atom is -0.506 e. The Morgan fingerprint density at radius 2 is 1.51 bits per heavy atom. The standard InChI is InChI=1S/C31H32N2O13S/c1-14(34)42-13-23-28(43-15(2)35)29(44-16(3)36)25(31(46-23)45-17(4)37)33-12-18-5-6-19-10-21-22(11-20(19)9-18)27(39)30-24(26(21)38)32-7-8-47(30,40)41/h5-7,9-11,23,25,28-29,31,33,38-39H,8,12-13H2,1-4H3. The van der Waals surface area contributed by atoms with Gasteiger partial charge in [-0.05, 0) is 34.5 Å². The van der Waals surface area contributed by atoms with Crippen LogP contribution in [0.3, 0.4) is 0 Å². The van der Waals surface area contributed by atoms with Crippen molar-refractivity contribution in [3.63, 3.8) is 0 Å². The quantitative estimate of drug-likeness (QED) is 0.135. The lowest BCUT2D eigenvalue weighted by atomic mass is 9.95. The van der Waals surface area contributed by atoms with Crippen molar-refractivity contribution in [1.29, 1.82) is 0 Å². The second-order valence-electron chi connectivity index (χ2n) is 11.1. The number of carbonyl (C=O) groups is 4. The van der Waals surface area contributed by atoms with Crippen molar-refractivity contribution in [1.82, 2.24) is 5.32 Å². The molecule has 16 heteroatoms. The molecule has 0 bridgehead atoms. The van der Waals surface area contributed by atoms with E-state index in [1.165, 1.54) is 6.92 Å². The average Bonchev–Trinajstić information content (AvgIpc) is 2.97. The summed E-state index contributed by atoms with van der Waals surface area (Å²) in [6.07, 6.45) is -3.88. The van der Waals surface area contributed by atoms with Gasteiger partial charge in [0, 0.05) is 51.2 Å². The second-order valence-corrected chi connectivity index (χ2v) is 13.0. The number of nitrogens with one attached hydrogen (secondary N) is 1. The van der Waals surface area contributed by atoms with E-state index in [1.54, 1.807) is 30.3 Å². The van der Waals surface area contributed by atoms with Gasteiger partial charge >= 0.3 is 23.9 Å². The first-order chi connectivity index (χ1) is 22.2. The second kappa shape index (κ2) is 13.1. The molecule has 0 aromatic heterocycles. The Morgan fingerprint density at radius 3 is 2.17 bits per heavy atom. The first-order valence-corrected chi connectivity index (χ1v) is 16.0. The lowest BCUT2D eigenvalue weighted by molar-refractivity contribution is -0.271. The average molecular weight is 673 g/mol. The smallest absolute Gasteiger partial charge is 0.304 e. The molecule has 1 fully saturated rings. The van der Waals surface area contributed by atoms with Crippen molar-refractivity contribution < 1.29 is 61.5 Å². The zero-order valence-electron chi connectivity index (χ0n) is 25.7. The van der Waals surface area contributed by atoms with Gasteiger partial charge in [0.25, 0.3) is 0 Å². The lowest BCUT2D eigenvalue weighted by Crippen LogP contribution is -2.66. The predicted molar refractivity (Wildman–Crippen MR) is 164 cm³/mol. The fourth-order valence-electron chi connectivity index (χ4n) is 5.66. The van der Waals surface area contributed by atoms with E-state index >= 15 is 0 Å². The summed E-state index contributed by atoms with van der Waals surface area (Å²) in [7, 11) is -3.93. The maximum Gasteiger partial charge on any atom is 0.304 e. The van der Waals surface area contributed by atoms with E-state index in [0.29, 0.717) is 16.3 Å². The van der Waals surface area contributed by atoms with Gasteiger partial charge in [-0.1, -0.05) is 12.1 Å². The number of fused-ring (bicyclic) bond motifs is 3. The highest BCUT2D eigenvalue weighted by Crippen LogP contribution is 2.49. The van der Waals surface area contributed by atoms with Gasteiger partial charge in [0.15, 0.2) is 27.8 Å². The number of carbonyl (C=O) groups excluding carboxylic acids is 4. The lowest BCUT2D eigenvalue weighted by Gasteiger charge is -2.44. The van der Waals surface area contributed by atoms with Gasteiger partial charge in [-0.15, -0.1) is 0 Å². The van der Waals surface area contributed by atoms with Crippen molar-refractivity contribution in [2.24, 2.45) is 4.99 Å². The van der Waals surface area contributed by atoms with Gasteiger partial charge < -0.3 is 39.2 Å². The monoisotopic (exact) mass is 672 g/mol. The van der Waals surface area contributed by atoms with E-state index in [0.717, 1.165) is 27.0 Å². The van der Waals surface area contributed by atoms with Crippen LogP contribution in [-0.2, 0) is 59.2 Å². The summed E-state index contributed by atoms with van der Waals surface area (Å²) < 4.78 is 52.8. The number of nitrogens with zero attached hydrogens (tertiary/aromatic N) is 1. The maximum atomic E-state index is 12.7. The van der Waals surface area contributed by atoms with Crippen LogP contribution in [0.15, 0.2) is 40.2 Å². The molecule has 1 saturated heterocycles. The number of benzene rings is 3. The molecule has 2 aliphatic rings. The Balaban J connectivity index is 1.50. The fourth-order valence-corrected chi connectivity index (χ4v) is 6.95. The number of esters is 4. The largest absolute Gasteiger partial charge is 0.506 e. The summed E-state index contributed by atoms with van der Waals surface area (Å²) in [5, 5.41) is 26.6. The van der Waals surface area contributed by atoms with Crippen LogP contribution in [-0.4, -0.2) is 91.7 Å². The Morgan fingerprint density at radius 1 is 0.872 bits per heavy atom. The molecule has 0 radical (unpaired) electrons. The molecule has 3 aromatic carbocycles. The maximum absolute atomic E-state index is 12.7. The Hall–Kier alpha value is -4.80. The molecule has 5 rings (SSSR count). The van der Waals surface area contributed by atoms with Gasteiger partial charge in [0.1, 0.15) is 35.1 Å². The van der Waals surface area contributed by atoms with Crippen molar-refractivity contribution in [2.75, 3.05) is 12.4 Å². The molecular weight excluding hydrogens is 640 g/mol. The third kappa shape index (κ3) is 6.99. The SMILES string of the molecule is CC(=O)OCC1OC(OC(C)=O)C(NCc2ccc3cc4c(O)c5c(c(O)c4cc3c2)S(=O)(=O)CC=N5)C(OC(C)=O)C1OC(C)=O. The first-order valence-electron chi connectivity index (χ1n) is 14.4. The van der Waals surface area contributed by atoms with Crippen molar-refractivity contribution >= 4 is 67.2 Å². The van der Waals surface area contributed by atoms with E-state index in [2.05, 4.69) is 10.3 Å². The molecule has 250 valence electrons. The molecule has 3 N–H and O–H groups in total. The van der Waals surface area contributed by atoms with E-state index in [9.17, 15) is 37.8 Å². The normalized spacial score (nSPS) is 23.1. The number of rotatable bonds is 8. The number of hydrogen-bond donors (Lipinski definition) is 3. The molecular formula is C31H32N2O13S. The van der Waals surface area contributed by atoms with Crippen LogP contribution in [0.25, 0.3) is 21.5 Å². The minimum atomic E-state index is -3.93. The number of aliphatic imine (C=N–C) groups is 1. The Bertz CT molecular complexity index is 1920. The molecule has 0 spiro atoms. The van der Waals surface area contributed by atoms with Crippen LogP contribution in [0.5, 0.6) is 11.5 Å². The van der Waals surface area contributed by atoms with Gasteiger partial charge in [-0.2, -0.15) is 0 Å². The third-order valence-corrected chi connectivity index (χ3v) is 9.15. The predicted octanol–water partition coefficient (Wildman–Crippen LogP) is 2.07. The first kappa shape index (κ1) is 33.6. The summed E-state index contributed by atoms with van der Waals surface area (Å²) in [5.41, 5.74) is 0.424. The number of phenolic OH excluding ortho intramolecular Hbond substituents is 2. The zero-order chi connectivity index (χ0) is 34.2. The number of sulfone groups is 1. The summed E-state index contributed by atoms with van der Waals surface area (Å²) in [4.78, 5) is 51.4. The molecule has 0 aliphatic carbocycles. The molecule has 15 nitrogen and oxygen atoms in total. The molecule has 5 unspecified atom stereocenters. The van der Waals surface area contributed by atoms with E-state index < -0.39 is 87.4 Å². The molecule has 47 heavy (non-hydrogen) atoms. The summed E-state index contributed by atoms with van der Waals surface area (Å²) in [6, 6.07) is 7.29. The zero-order valence-corrected chi connectivity index (χ0v) is 26.5. The topological polar surface area (TPSA) is 213 Å². The van der Waals surface area contributed by atoms with Crippen LogP contribution in [0.2, 0.25) is 0 Å². The van der Waals surface area contributed by atoms with E-state index in [1.807, 2.05) is 0 Å². The molecule has 2 aliphatic heterocycles. The molecule has 5 atom stereocenters. The number of ether oxygens (including phenoxy) is 5. The molecule has 3 aromatic rings. The minimum absolute atomic E-state index is 0.0590. The Labute approximate surface area is 268 Å². The van der Waals surface area contributed by atoms with Gasteiger partial charge in [-0.25, -0.2) is 8.42 Å². The summed E-state index contributed by atoms with van der Waals surface area (Å²) in [5.74, 6) is -4.16. The van der Waals surface area contributed by atoms with E-state index in [4.69, 9.17) is 23.7 Å². The molecule has 0 saturated carbocycles. The van der Waals surface area contributed by atoms with Crippen molar-refractivity contribution in [3.05, 3.63) is 35.9 Å². The number of phenols is 2. The van der Waals surface area contributed by atoms with Gasteiger partial charge in [0.2, 0.25) is 6.29 Å². The van der Waals surface area contributed by atoms with E-state index in [-0.39, 0.29) is 28.8 Å². The molecule has 2 heterocycles. The van der Waals surface area contributed by atoms with Crippen LogP contribution < -0.4 is 5.32 Å². The highest BCUT2D eigenvalue weighted by molar-refractivity contribution is 7.92. The number of aromatic hydroxyl groups is 2. The van der Waals surface area contributed by atoms with Crippen LogP contribution in [0, 0.1) is 0 Å². The van der Waals surface area contributed by atoms with Gasteiger partial charge in [-0.3, -0.25) is 24.2 Å². The van der Waals surface area contributed by atoms with Crippen LogP contribution in [0.1, 0.15) is 33.3 Å². The summed E-state index contributed by atoms with van der Waals surface area (Å²) in [6.45, 7) is 4.27. The Kier molecular flexibility index (Phi) is 9.38. The summed E-state index contributed by atoms with van der Waals surface area (Å²) >= 11 is 0. The third-order valence-electron chi connectivity index (χ3n) is 7.56. The van der Waals surface area contributed by atoms with Crippen molar-refractivity contribution in [2.45, 2.75) is 69.8 Å².